The third-order valence-corrected chi connectivity index (χ3v) is 3.71. The maximum atomic E-state index is 12.1. The number of rotatable bonds is 4. The normalized spacial score (nSPS) is 15.5. The third-order valence-electron chi connectivity index (χ3n) is 3.16. The molecule has 0 atom stereocenters. The minimum atomic E-state index is -3.44. The first-order valence-corrected chi connectivity index (χ1v) is 7.98. The molecule has 0 aromatic heterocycles. The largest absolute Gasteiger partial charge is 0.339 e. The topological polar surface area (TPSA) is 63.7 Å². The minimum Gasteiger partial charge on any atom is -0.339 e. The van der Waals surface area contributed by atoms with E-state index in [9.17, 15) is 13.2 Å². The van der Waals surface area contributed by atoms with Crippen LogP contribution in [0.2, 0.25) is 0 Å². The molecule has 0 aliphatic carbocycles. The molecule has 0 radical (unpaired) electrons. The van der Waals surface area contributed by atoms with Crippen molar-refractivity contribution in [1.29, 1.82) is 0 Å². The molecule has 5 nitrogen and oxygen atoms in total. The van der Waals surface area contributed by atoms with E-state index in [1.54, 1.807) is 17.0 Å². The van der Waals surface area contributed by atoms with Crippen LogP contribution in [0.3, 0.4) is 0 Å². The highest BCUT2D eigenvalue weighted by molar-refractivity contribution is 7.85. The summed E-state index contributed by atoms with van der Waals surface area (Å²) in [5.74, 6) is 0.0410. The second kappa shape index (κ2) is 5.30. The molecule has 1 amide bonds. The molecule has 0 spiro atoms. The average Bonchev–Trinajstić information content (AvgIpc) is 2.36. The van der Waals surface area contributed by atoms with Gasteiger partial charge in [-0.1, -0.05) is 12.1 Å². The van der Waals surface area contributed by atoms with Gasteiger partial charge in [-0.2, -0.15) is 8.42 Å². The Labute approximate surface area is 113 Å². The number of hydrogen-bond acceptors (Lipinski definition) is 4. The van der Waals surface area contributed by atoms with E-state index in [2.05, 4.69) is 0 Å². The summed E-state index contributed by atoms with van der Waals surface area (Å²) >= 11 is 0. The van der Waals surface area contributed by atoms with Crippen molar-refractivity contribution in [1.82, 2.24) is 4.90 Å². The lowest BCUT2D eigenvalue weighted by atomic mass is 9.97. The number of hydrogen-bond donors (Lipinski definition) is 0. The fraction of sp³-hybridized carbons (Fsp3) is 0.462. The molecule has 1 aliphatic rings. The van der Waals surface area contributed by atoms with Gasteiger partial charge in [-0.25, -0.2) is 0 Å². The summed E-state index contributed by atoms with van der Waals surface area (Å²) in [6.45, 7) is 3.38. The first kappa shape index (κ1) is 14.0. The number of benzene rings is 1. The maximum Gasteiger partial charge on any atom is 0.264 e. The molecule has 1 aromatic carbocycles. The molecule has 0 unspecified atom stereocenters. The molecule has 1 aromatic rings. The summed E-state index contributed by atoms with van der Waals surface area (Å²) in [5, 5.41) is 0. The quantitative estimate of drug-likeness (QED) is 0.778. The number of fused-ring (bicyclic) bond motifs is 1. The second-order valence-electron chi connectivity index (χ2n) is 4.59. The van der Waals surface area contributed by atoms with Gasteiger partial charge in [-0.3, -0.25) is 8.98 Å². The molecule has 0 bridgehead atoms. The van der Waals surface area contributed by atoms with Crippen LogP contribution < -0.4 is 0 Å². The number of carbonyl (C=O) groups excluding carboxylic acids is 1. The van der Waals surface area contributed by atoms with Gasteiger partial charge < -0.3 is 4.90 Å². The summed E-state index contributed by atoms with van der Waals surface area (Å²) in [4.78, 5) is 13.9. The predicted molar refractivity (Wildman–Crippen MR) is 71.4 cm³/mol. The van der Waals surface area contributed by atoms with Crippen molar-refractivity contribution in [3.8, 4) is 0 Å². The van der Waals surface area contributed by atoms with Crippen molar-refractivity contribution in [2.45, 2.75) is 20.0 Å². The fourth-order valence-electron chi connectivity index (χ4n) is 2.16. The standard InChI is InChI=1S/C13H17NO4S/c1-3-14-7-6-11-8-10(9-18-19(2,16)17)4-5-12(11)13(14)15/h4-5,8H,3,6-7,9H2,1-2H3. The van der Waals surface area contributed by atoms with Gasteiger partial charge in [0, 0.05) is 18.7 Å². The van der Waals surface area contributed by atoms with Crippen LogP contribution in [0.4, 0.5) is 0 Å². The van der Waals surface area contributed by atoms with E-state index in [-0.39, 0.29) is 12.5 Å². The van der Waals surface area contributed by atoms with Crippen molar-refractivity contribution >= 4 is 16.0 Å². The van der Waals surface area contributed by atoms with Gasteiger partial charge in [-0.15, -0.1) is 0 Å². The first-order valence-electron chi connectivity index (χ1n) is 6.16. The number of likely N-dealkylation sites (N-methyl/N-ethyl adjacent to an activating group) is 1. The maximum absolute atomic E-state index is 12.1. The zero-order valence-electron chi connectivity index (χ0n) is 11.0. The van der Waals surface area contributed by atoms with Crippen LogP contribution in [0.5, 0.6) is 0 Å². The van der Waals surface area contributed by atoms with Crippen molar-refractivity contribution < 1.29 is 17.4 Å². The van der Waals surface area contributed by atoms with Gasteiger partial charge in [0.05, 0.1) is 12.9 Å². The van der Waals surface area contributed by atoms with Crippen molar-refractivity contribution in [2.75, 3.05) is 19.3 Å². The Bertz CT molecular complexity index is 595. The minimum absolute atomic E-state index is 0.0117. The highest BCUT2D eigenvalue weighted by atomic mass is 32.2. The Balaban J connectivity index is 2.19. The van der Waals surface area contributed by atoms with Gasteiger partial charge in [0.2, 0.25) is 0 Å². The molecular formula is C13H17NO4S. The SMILES string of the molecule is CCN1CCc2cc(COS(C)(=O)=O)ccc2C1=O. The smallest absolute Gasteiger partial charge is 0.264 e. The highest BCUT2D eigenvalue weighted by Gasteiger charge is 2.23. The van der Waals surface area contributed by atoms with Crippen LogP contribution in [0, 0.1) is 0 Å². The van der Waals surface area contributed by atoms with Crippen LogP contribution >= 0.6 is 0 Å². The van der Waals surface area contributed by atoms with Gasteiger partial charge in [0.1, 0.15) is 0 Å². The lowest BCUT2D eigenvalue weighted by Gasteiger charge is -2.27. The molecule has 0 N–H and O–H groups in total. The fourth-order valence-corrected chi connectivity index (χ4v) is 2.51. The Morgan fingerprint density at radius 3 is 2.74 bits per heavy atom. The Hall–Kier alpha value is -1.40. The van der Waals surface area contributed by atoms with Crippen LogP contribution in [0.1, 0.15) is 28.4 Å². The van der Waals surface area contributed by atoms with Crippen molar-refractivity contribution in [3.63, 3.8) is 0 Å². The summed E-state index contributed by atoms with van der Waals surface area (Å²) in [6.07, 6.45) is 1.82. The Kier molecular flexibility index (Phi) is 3.91. The first-order chi connectivity index (χ1) is 8.90. The van der Waals surface area contributed by atoms with Crippen LogP contribution in [-0.4, -0.2) is 38.6 Å². The Morgan fingerprint density at radius 1 is 1.37 bits per heavy atom. The van der Waals surface area contributed by atoms with E-state index in [0.717, 1.165) is 23.8 Å². The Morgan fingerprint density at radius 2 is 2.11 bits per heavy atom. The lowest BCUT2D eigenvalue weighted by Crippen LogP contribution is -2.37. The van der Waals surface area contributed by atoms with Gasteiger partial charge in [0.15, 0.2) is 0 Å². The molecule has 1 aliphatic heterocycles. The zero-order valence-corrected chi connectivity index (χ0v) is 11.9. The van der Waals surface area contributed by atoms with E-state index in [0.29, 0.717) is 18.7 Å². The molecule has 0 saturated carbocycles. The van der Waals surface area contributed by atoms with E-state index in [1.807, 2.05) is 13.0 Å². The molecular weight excluding hydrogens is 266 g/mol. The summed E-state index contributed by atoms with van der Waals surface area (Å²) in [6, 6.07) is 5.34. The van der Waals surface area contributed by atoms with E-state index in [4.69, 9.17) is 4.18 Å². The molecule has 0 fully saturated rings. The molecule has 1 heterocycles. The second-order valence-corrected chi connectivity index (χ2v) is 6.24. The van der Waals surface area contributed by atoms with E-state index < -0.39 is 10.1 Å². The summed E-state index contributed by atoms with van der Waals surface area (Å²) in [7, 11) is -3.44. The van der Waals surface area contributed by atoms with Gasteiger partial charge in [-0.05, 0) is 30.5 Å². The van der Waals surface area contributed by atoms with E-state index in [1.165, 1.54) is 0 Å². The molecule has 19 heavy (non-hydrogen) atoms. The molecule has 0 saturated heterocycles. The number of nitrogens with zero attached hydrogens (tertiary/aromatic N) is 1. The van der Waals surface area contributed by atoms with Crippen LogP contribution in [-0.2, 0) is 27.3 Å². The molecule has 6 heteroatoms. The molecule has 104 valence electrons. The number of carbonyl (C=O) groups is 1. The van der Waals surface area contributed by atoms with Gasteiger partial charge in [0.25, 0.3) is 16.0 Å². The lowest BCUT2D eigenvalue weighted by molar-refractivity contribution is 0.0749. The van der Waals surface area contributed by atoms with E-state index >= 15 is 0 Å². The van der Waals surface area contributed by atoms with Gasteiger partial charge >= 0.3 is 0 Å². The van der Waals surface area contributed by atoms with Crippen molar-refractivity contribution in [2.24, 2.45) is 0 Å². The average molecular weight is 283 g/mol. The summed E-state index contributed by atoms with van der Waals surface area (Å²) < 4.78 is 26.6. The van der Waals surface area contributed by atoms with Crippen LogP contribution in [0.25, 0.3) is 0 Å². The monoisotopic (exact) mass is 283 g/mol. The zero-order chi connectivity index (χ0) is 14.0. The molecule has 2 rings (SSSR count). The number of amides is 1. The van der Waals surface area contributed by atoms with Crippen molar-refractivity contribution in [3.05, 3.63) is 34.9 Å². The summed E-state index contributed by atoms with van der Waals surface area (Å²) in [5.41, 5.74) is 2.43. The van der Waals surface area contributed by atoms with Crippen LogP contribution in [0.15, 0.2) is 18.2 Å². The third kappa shape index (κ3) is 3.33. The predicted octanol–water partition coefficient (Wildman–Crippen LogP) is 1.18. The highest BCUT2D eigenvalue weighted by Crippen LogP contribution is 2.20.